The predicted molar refractivity (Wildman–Crippen MR) is 114 cm³/mol. The Morgan fingerprint density at radius 1 is 1.32 bits per heavy atom. The van der Waals surface area contributed by atoms with Crippen LogP contribution in [0.3, 0.4) is 0 Å². The molecule has 0 radical (unpaired) electrons. The highest BCUT2D eigenvalue weighted by atomic mass is 16.5. The van der Waals surface area contributed by atoms with Crippen LogP contribution < -0.4 is 0 Å². The normalized spacial score (nSPS) is 24.4. The molecule has 0 aromatic carbocycles. The van der Waals surface area contributed by atoms with Crippen LogP contribution in [0.15, 0.2) is 24.3 Å². The number of rotatable bonds is 12. The van der Waals surface area contributed by atoms with Gasteiger partial charge in [-0.2, -0.15) is 0 Å². The zero-order chi connectivity index (χ0) is 21.2. The van der Waals surface area contributed by atoms with E-state index in [1.165, 1.54) is 7.11 Å². The largest absolute Gasteiger partial charge is 0.469 e. The van der Waals surface area contributed by atoms with Crippen LogP contribution in [0.1, 0.15) is 79.1 Å². The summed E-state index contributed by atoms with van der Waals surface area (Å²) in [6, 6.07) is 0. The van der Waals surface area contributed by atoms with Crippen LogP contribution in [-0.4, -0.2) is 30.1 Å². The fourth-order valence-corrected chi connectivity index (χ4v) is 3.93. The van der Waals surface area contributed by atoms with E-state index in [9.17, 15) is 14.7 Å². The van der Waals surface area contributed by atoms with E-state index in [-0.39, 0.29) is 23.2 Å². The number of ether oxygens (including phenoxy) is 1. The van der Waals surface area contributed by atoms with Gasteiger partial charge in [-0.05, 0) is 42.9 Å². The molecule has 0 unspecified atom stereocenters. The number of hydrogen-bond acceptors (Lipinski definition) is 4. The van der Waals surface area contributed by atoms with Crippen molar-refractivity contribution in [2.24, 2.45) is 23.2 Å². The summed E-state index contributed by atoms with van der Waals surface area (Å²) in [5.74, 6) is 0.630. The molecule has 1 aliphatic rings. The van der Waals surface area contributed by atoms with Crippen LogP contribution in [0.4, 0.5) is 0 Å². The van der Waals surface area contributed by atoms with E-state index in [1.54, 1.807) is 0 Å². The zero-order valence-corrected chi connectivity index (χ0v) is 18.4. The fourth-order valence-electron chi connectivity index (χ4n) is 3.93. The summed E-state index contributed by atoms with van der Waals surface area (Å²) >= 11 is 0. The Hall–Kier alpha value is -1.42. The van der Waals surface area contributed by atoms with E-state index in [4.69, 9.17) is 0 Å². The number of carbonyl (C=O) groups excluding carboxylic acids is 2. The van der Waals surface area contributed by atoms with Crippen molar-refractivity contribution in [3.8, 4) is 0 Å². The number of ketones is 1. The molecule has 1 aliphatic carbocycles. The van der Waals surface area contributed by atoms with Gasteiger partial charge in [0.2, 0.25) is 0 Å². The summed E-state index contributed by atoms with van der Waals surface area (Å²) in [7, 11) is 1.40. The Bertz CT molecular complexity index is 547. The van der Waals surface area contributed by atoms with Gasteiger partial charge in [0.25, 0.3) is 0 Å². The molecule has 1 saturated carbocycles. The van der Waals surface area contributed by atoms with Crippen LogP contribution in [0, 0.1) is 23.2 Å². The summed E-state index contributed by atoms with van der Waals surface area (Å²) < 4.78 is 4.63. The molecule has 4 nitrogen and oxygen atoms in total. The molecule has 0 aliphatic heterocycles. The molecule has 1 N–H and O–H groups in total. The first-order chi connectivity index (χ1) is 13.2. The van der Waals surface area contributed by atoms with E-state index in [0.717, 1.165) is 38.5 Å². The van der Waals surface area contributed by atoms with E-state index < -0.39 is 6.10 Å². The van der Waals surface area contributed by atoms with Crippen molar-refractivity contribution >= 4 is 11.8 Å². The highest BCUT2D eigenvalue weighted by Crippen LogP contribution is 2.38. The number of carbonyl (C=O) groups is 2. The molecule has 1 fully saturated rings. The van der Waals surface area contributed by atoms with E-state index >= 15 is 0 Å². The van der Waals surface area contributed by atoms with Crippen LogP contribution in [0.5, 0.6) is 0 Å². The number of aliphatic hydroxyl groups excluding tert-OH is 1. The molecule has 0 heterocycles. The standard InChI is InChI=1S/C24H40O4/c1-6-7-16-24(3,4)22(26)15-14-19-18(2)17-21(25)20(19)12-10-8-9-11-13-23(27)28-5/h8,10,14-15,18-20,22,26H,6-7,9,11-13,16-17H2,1-5H3/b10-8-,15-14+/t18-,19-,20-,22-/m1/s1. The lowest BCUT2D eigenvalue weighted by molar-refractivity contribution is -0.140. The Morgan fingerprint density at radius 3 is 2.68 bits per heavy atom. The van der Waals surface area contributed by atoms with E-state index in [0.29, 0.717) is 24.5 Å². The molecule has 0 spiro atoms. The Balaban J connectivity index is 2.60. The third-order valence-corrected chi connectivity index (χ3v) is 6.09. The molecular formula is C24H40O4. The average Bonchev–Trinajstić information content (AvgIpc) is 2.93. The molecule has 4 atom stereocenters. The van der Waals surface area contributed by atoms with Gasteiger partial charge >= 0.3 is 5.97 Å². The third-order valence-electron chi connectivity index (χ3n) is 6.09. The molecule has 160 valence electrons. The molecule has 0 saturated heterocycles. The first-order valence-electron chi connectivity index (χ1n) is 10.8. The fraction of sp³-hybridized carbons (Fsp3) is 0.750. The van der Waals surface area contributed by atoms with Crippen molar-refractivity contribution in [2.75, 3.05) is 7.11 Å². The lowest BCUT2D eigenvalue weighted by atomic mass is 9.80. The van der Waals surface area contributed by atoms with Gasteiger partial charge in [0.15, 0.2) is 0 Å². The van der Waals surface area contributed by atoms with Crippen molar-refractivity contribution in [1.82, 2.24) is 0 Å². The molecule has 0 bridgehead atoms. The van der Waals surface area contributed by atoms with Crippen molar-refractivity contribution in [1.29, 1.82) is 0 Å². The van der Waals surface area contributed by atoms with E-state index in [2.05, 4.69) is 50.7 Å². The molecule has 0 aromatic rings. The van der Waals surface area contributed by atoms with Gasteiger partial charge in [0, 0.05) is 18.8 Å². The molecule has 1 rings (SSSR count). The Morgan fingerprint density at radius 2 is 2.04 bits per heavy atom. The monoisotopic (exact) mass is 392 g/mol. The summed E-state index contributed by atoms with van der Waals surface area (Å²) in [6.07, 6.45) is 14.2. The number of unbranched alkanes of at least 4 members (excludes halogenated alkanes) is 2. The minimum Gasteiger partial charge on any atom is -0.469 e. The minimum absolute atomic E-state index is 0.00550. The van der Waals surface area contributed by atoms with Gasteiger partial charge < -0.3 is 9.84 Å². The lowest BCUT2D eigenvalue weighted by Gasteiger charge is -2.29. The number of Topliss-reactive ketones (excluding diaryl/α,β-unsaturated/α-hetero) is 1. The Kier molecular flexibility index (Phi) is 10.7. The second-order valence-corrected chi connectivity index (χ2v) is 8.93. The summed E-state index contributed by atoms with van der Waals surface area (Å²) in [5, 5.41) is 10.6. The maximum absolute atomic E-state index is 12.4. The van der Waals surface area contributed by atoms with Crippen LogP contribution >= 0.6 is 0 Å². The molecule has 4 heteroatoms. The average molecular weight is 393 g/mol. The Labute approximate surface area is 171 Å². The first-order valence-corrected chi connectivity index (χ1v) is 10.8. The number of hydrogen-bond donors (Lipinski definition) is 1. The van der Waals surface area contributed by atoms with E-state index in [1.807, 2.05) is 6.08 Å². The number of aliphatic hydroxyl groups is 1. The number of methoxy groups -OCH3 is 1. The zero-order valence-electron chi connectivity index (χ0n) is 18.4. The van der Waals surface area contributed by atoms with Crippen molar-refractivity contribution in [2.45, 2.75) is 85.2 Å². The first kappa shape index (κ1) is 24.6. The molecule has 0 aromatic heterocycles. The lowest BCUT2D eigenvalue weighted by Crippen LogP contribution is -2.28. The predicted octanol–water partition coefficient (Wildman–Crippen LogP) is 5.25. The highest BCUT2D eigenvalue weighted by molar-refractivity contribution is 5.84. The van der Waals surface area contributed by atoms with Gasteiger partial charge in [-0.1, -0.05) is 64.8 Å². The van der Waals surface area contributed by atoms with Crippen molar-refractivity contribution < 1.29 is 19.4 Å². The third kappa shape index (κ3) is 7.90. The maximum Gasteiger partial charge on any atom is 0.305 e. The van der Waals surface area contributed by atoms with Crippen molar-refractivity contribution in [3.05, 3.63) is 24.3 Å². The van der Waals surface area contributed by atoms with Gasteiger partial charge in [-0.15, -0.1) is 0 Å². The number of esters is 1. The molecule has 0 amide bonds. The summed E-state index contributed by atoms with van der Waals surface area (Å²) in [5.41, 5.74) is -0.145. The molecular weight excluding hydrogens is 352 g/mol. The summed E-state index contributed by atoms with van der Waals surface area (Å²) in [4.78, 5) is 23.5. The quantitative estimate of drug-likeness (QED) is 0.280. The second kappa shape index (κ2) is 12.2. The number of allylic oxidation sites excluding steroid dienone is 3. The van der Waals surface area contributed by atoms with Gasteiger partial charge in [0.1, 0.15) is 5.78 Å². The van der Waals surface area contributed by atoms with Gasteiger partial charge in [-0.25, -0.2) is 0 Å². The topological polar surface area (TPSA) is 63.6 Å². The van der Waals surface area contributed by atoms with Gasteiger partial charge in [-0.3, -0.25) is 9.59 Å². The van der Waals surface area contributed by atoms with Crippen LogP contribution in [-0.2, 0) is 14.3 Å². The van der Waals surface area contributed by atoms with Crippen molar-refractivity contribution in [3.63, 3.8) is 0 Å². The van der Waals surface area contributed by atoms with Gasteiger partial charge in [0.05, 0.1) is 13.2 Å². The highest BCUT2D eigenvalue weighted by Gasteiger charge is 2.38. The molecule has 28 heavy (non-hydrogen) atoms. The van der Waals surface area contributed by atoms with Crippen LogP contribution in [0.25, 0.3) is 0 Å². The maximum atomic E-state index is 12.4. The SMILES string of the molecule is CCCCC(C)(C)[C@H](O)/C=C/[C@@H]1[C@H](C)CC(=O)[C@@H]1C/C=C\CCCC(=O)OC. The summed E-state index contributed by atoms with van der Waals surface area (Å²) in [6.45, 7) is 8.50. The second-order valence-electron chi connectivity index (χ2n) is 8.93. The smallest absolute Gasteiger partial charge is 0.305 e. The van der Waals surface area contributed by atoms with Crippen LogP contribution in [0.2, 0.25) is 0 Å². The minimum atomic E-state index is -0.489.